The number of aromatic nitrogens is 2. The third-order valence-electron chi connectivity index (χ3n) is 5.02. The Kier molecular flexibility index (Phi) is 6.45. The van der Waals surface area contributed by atoms with E-state index in [9.17, 15) is 4.79 Å². The molecule has 2 heterocycles. The summed E-state index contributed by atoms with van der Waals surface area (Å²) in [4.78, 5) is 15.0. The molecule has 2 aromatic carbocycles. The number of rotatable bonds is 5. The molecule has 1 aliphatic rings. The zero-order chi connectivity index (χ0) is 20.2. The second kappa shape index (κ2) is 9.22. The molecule has 1 aliphatic heterocycles. The number of likely N-dealkylation sites (tertiary alicyclic amines) is 1. The Morgan fingerprint density at radius 3 is 2.55 bits per heavy atom. The lowest BCUT2D eigenvalue weighted by Crippen LogP contribution is -2.37. The molecular weight excluding hydrogens is 427 g/mol. The van der Waals surface area contributed by atoms with Crippen molar-refractivity contribution in [1.29, 1.82) is 0 Å². The Bertz CT molecular complexity index is 987. The van der Waals surface area contributed by atoms with Gasteiger partial charge in [0.05, 0.1) is 10.0 Å². The molecule has 8 heteroatoms. The minimum atomic E-state index is -0.0101. The van der Waals surface area contributed by atoms with E-state index in [2.05, 4.69) is 20.4 Å². The van der Waals surface area contributed by atoms with E-state index < -0.39 is 0 Å². The number of benzene rings is 2. The van der Waals surface area contributed by atoms with Crippen LogP contribution in [0.3, 0.4) is 0 Å². The van der Waals surface area contributed by atoms with E-state index in [1.54, 1.807) is 0 Å². The molecule has 150 valence electrons. The Hall–Kier alpha value is -1.99. The predicted octanol–water partition coefficient (Wildman–Crippen LogP) is 5.36. The lowest BCUT2D eigenvalue weighted by Gasteiger charge is -2.31. The van der Waals surface area contributed by atoms with Gasteiger partial charge in [-0.15, -0.1) is 10.2 Å². The quantitative estimate of drug-likeness (QED) is 0.572. The highest BCUT2D eigenvalue weighted by molar-refractivity contribution is 7.18. The topological polar surface area (TPSA) is 58.1 Å². The van der Waals surface area contributed by atoms with Crippen LogP contribution in [0.4, 0.5) is 5.13 Å². The number of piperidine rings is 1. The molecule has 5 nitrogen and oxygen atoms in total. The van der Waals surface area contributed by atoms with E-state index in [1.807, 2.05) is 48.5 Å². The number of carbonyl (C=O) groups excluding carboxylic acids is 1. The number of carbonyl (C=O) groups is 1. The highest BCUT2D eigenvalue weighted by Crippen LogP contribution is 2.28. The molecule has 1 fully saturated rings. The lowest BCUT2D eigenvalue weighted by atomic mass is 9.95. The number of amides is 1. The van der Waals surface area contributed by atoms with Crippen molar-refractivity contribution in [3.63, 3.8) is 0 Å². The first kappa shape index (κ1) is 20.3. The summed E-state index contributed by atoms with van der Waals surface area (Å²) >= 11 is 13.5. The van der Waals surface area contributed by atoms with E-state index in [-0.39, 0.29) is 11.8 Å². The number of nitrogens with zero attached hydrogens (tertiary/aromatic N) is 3. The second-order valence-electron chi connectivity index (χ2n) is 7.07. The van der Waals surface area contributed by atoms with Gasteiger partial charge in [-0.1, -0.05) is 70.9 Å². The molecule has 0 radical (unpaired) electrons. The van der Waals surface area contributed by atoms with Gasteiger partial charge in [0.25, 0.3) is 0 Å². The largest absolute Gasteiger partial charge is 0.300 e. The molecular formula is C21H20Cl2N4OS. The SMILES string of the molecule is O=C(Nc1nnc(-c2ccccc2)s1)C1CCN(Cc2ccc(Cl)c(Cl)c2)CC1. The molecule has 4 rings (SSSR count). The van der Waals surface area contributed by atoms with Crippen LogP contribution in [0, 0.1) is 5.92 Å². The van der Waals surface area contributed by atoms with E-state index in [0.29, 0.717) is 15.2 Å². The third kappa shape index (κ3) is 5.14. The number of hydrogen-bond donors (Lipinski definition) is 1. The van der Waals surface area contributed by atoms with Crippen LogP contribution in [-0.4, -0.2) is 34.1 Å². The smallest absolute Gasteiger partial charge is 0.229 e. The Morgan fingerprint density at radius 1 is 1.07 bits per heavy atom. The van der Waals surface area contributed by atoms with Gasteiger partial charge in [-0.05, 0) is 43.6 Å². The van der Waals surface area contributed by atoms with Gasteiger partial charge < -0.3 is 5.32 Å². The van der Waals surface area contributed by atoms with Gasteiger partial charge in [-0.3, -0.25) is 9.69 Å². The average molecular weight is 447 g/mol. The number of hydrogen-bond acceptors (Lipinski definition) is 5. The summed E-state index contributed by atoms with van der Waals surface area (Å²) in [7, 11) is 0. The monoisotopic (exact) mass is 446 g/mol. The van der Waals surface area contributed by atoms with Crippen LogP contribution in [0.5, 0.6) is 0 Å². The van der Waals surface area contributed by atoms with Gasteiger partial charge in [-0.2, -0.15) is 0 Å². The van der Waals surface area contributed by atoms with Crippen LogP contribution in [0.25, 0.3) is 10.6 Å². The van der Waals surface area contributed by atoms with Crippen molar-refractivity contribution in [3.8, 4) is 10.6 Å². The molecule has 3 aromatic rings. The van der Waals surface area contributed by atoms with E-state index in [0.717, 1.165) is 48.6 Å². The fourth-order valence-corrected chi connectivity index (χ4v) is 4.50. The number of nitrogens with one attached hydrogen (secondary N) is 1. The molecule has 0 aliphatic carbocycles. The van der Waals surface area contributed by atoms with Crippen LogP contribution < -0.4 is 5.32 Å². The Morgan fingerprint density at radius 2 is 1.83 bits per heavy atom. The van der Waals surface area contributed by atoms with E-state index in [4.69, 9.17) is 23.2 Å². The van der Waals surface area contributed by atoms with Gasteiger partial charge in [0.15, 0.2) is 0 Å². The van der Waals surface area contributed by atoms with Gasteiger partial charge in [-0.25, -0.2) is 0 Å². The van der Waals surface area contributed by atoms with E-state index >= 15 is 0 Å². The Balaban J connectivity index is 1.29. The van der Waals surface area contributed by atoms with Crippen molar-refractivity contribution in [2.24, 2.45) is 5.92 Å². The van der Waals surface area contributed by atoms with Gasteiger partial charge in [0, 0.05) is 18.0 Å². The maximum Gasteiger partial charge on any atom is 0.229 e. The van der Waals surface area contributed by atoms with Crippen molar-refractivity contribution in [3.05, 3.63) is 64.1 Å². The molecule has 0 bridgehead atoms. The summed E-state index contributed by atoms with van der Waals surface area (Å²) in [5, 5.41) is 13.7. The number of anilines is 1. The summed E-state index contributed by atoms with van der Waals surface area (Å²) in [6.07, 6.45) is 1.63. The highest BCUT2D eigenvalue weighted by Gasteiger charge is 2.26. The van der Waals surface area contributed by atoms with Crippen molar-refractivity contribution in [2.75, 3.05) is 18.4 Å². The van der Waals surface area contributed by atoms with Crippen molar-refractivity contribution < 1.29 is 4.79 Å². The first-order valence-electron chi connectivity index (χ1n) is 9.44. The molecule has 0 spiro atoms. The second-order valence-corrected chi connectivity index (χ2v) is 8.86. The minimum Gasteiger partial charge on any atom is -0.300 e. The lowest BCUT2D eigenvalue weighted by molar-refractivity contribution is -0.121. The van der Waals surface area contributed by atoms with Gasteiger partial charge in [0.2, 0.25) is 11.0 Å². The molecule has 1 N–H and O–H groups in total. The minimum absolute atomic E-state index is 0.0101. The van der Waals surface area contributed by atoms with Gasteiger partial charge >= 0.3 is 0 Å². The third-order valence-corrected chi connectivity index (χ3v) is 6.65. The molecule has 0 unspecified atom stereocenters. The van der Waals surface area contributed by atoms with Crippen LogP contribution in [0.2, 0.25) is 10.0 Å². The molecule has 0 atom stereocenters. The van der Waals surface area contributed by atoms with Gasteiger partial charge in [0.1, 0.15) is 5.01 Å². The molecule has 1 saturated heterocycles. The predicted molar refractivity (Wildman–Crippen MR) is 118 cm³/mol. The molecule has 0 saturated carbocycles. The maximum atomic E-state index is 12.6. The normalized spacial score (nSPS) is 15.4. The first-order chi connectivity index (χ1) is 14.1. The molecule has 1 aromatic heterocycles. The fraction of sp³-hybridized carbons (Fsp3) is 0.286. The zero-order valence-corrected chi connectivity index (χ0v) is 18.0. The van der Waals surface area contributed by atoms with Crippen LogP contribution in [0.15, 0.2) is 48.5 Å². The summed E-state index contributed by atoms with van der Waals surface area (Å²) in [6, 6.07) is 15.6. The first-order valence-corrected chi connectivity index (χ1v) is 11.0. The summed E-state index contributed by atoms with van der Waals surface area (Å²) in [5.41, 5.74) is 2.13. The van der Waals surface area contributed by atoms with E-state index in [1.165, 1.54) is 11.3 Å². The number of halogens is 2. The van der Waals surface area contributed by atoms with Crippen molar-refractivity contribution in [2.45, 2.75) is 19.4 Å². The summed E-state index contributed by atoms with van der Waals surface area (Å²) in [5.74, 6) is 0.0130. The molecule has 29 heavy (non-hydrogen) atoms. The fourth-order valence-electron chi connectivity index (χ4n) is 3.43. The van der Waals surface area contributed by atoms with Crippen LogP contribution in [-0.2, 0) is 11.3 Å². The van der Waals surface area contributed by atoms with Crippen LogP contribution >= 0.6 is 34.5 Å². The molecule has 1 amide bonds. The Labute approximate surface area is 183 Å². The average Bonchev–Trinajstić information content (AvgIpc) is 3.20. The van der Waals surface area contributed by atoms with Crippen molar-refractivity contribution >= 4 is 45.6 Å². The summed E-state index contributed by atoms with van der Waals surface area (Å²) < 4.78 is 0. The maximum absolute atomic E-state index is 12.6. The van der Waals surface area contributed by atoms with Crippen LogP contribution in [0.1, 0.15) is 18.4 Å². The highest BCUT2D eigenvalue weighted by atomic mass is 35.5. The van der Waals surface area contributed by atoms with Crippen molar-refractivity contribution in [1.82, 2.24) is 15.1 Å². The standard InChI is InChI=1S/C21H20Cl2N4OS/c22-17-7-6-14(12-18(17)23)13-27-10-8-15(9-11-27)19(28)24-21-26-25-20(29-21)16-4-2-1-3-5-16/h1-7,12,15H,8-11,13H2,(H,24,26,28). The summed E-state index contributed by atoms with van der Waals surface area (Å²) in [6.45, 7) is 2.54. The zero-order valence-electron chi connectivity index (χ0n) is 15.6.